The third-order valence-corrected chi connectivity index (χ3v) is 5.92. The first-order chi connectivity index (χ1) is 13.6. The summed E-state index contributed by atoms with van der Waals surface area (Å²) in [7, 11) is 0. The molecule has 1 unspecified atom stereocenters. The molecule has 0 fully saturated rings. The van der Waals surface area contributed by atoms with Crippen LogP contribution in [0.1, 0.15) is 24.3 Å². The van der Waals surface area contributed by atoms with Gasteiger partial charge < -0.3 is 5.32 Å². The number of amides is 1. The van der Waals surface area contributed by atoms with Gasteiger partial charge in [0.25, 0.3) is 0 Å². The lowest BCUT2D eigenvalue weighted by molar-refractivity contribution is -0.121. The van der Waals surface area contributed by atoms with Crippen LogP contribution in [0.2, 0.25) is 0 Å². The van der Waals surface area contributed by atoms with Crippen molar-refractivity contribution >= 4 is 38.4 Å². The van der Waals surface area contributed by atoms with Gasteiger partial charge in [-0.2, -0.15) is 5.10 Å². The minimum absolute atomic E-state index is 0.0439. The molecule has 0 saturated heterocycles. The molecule has 0 saturated carbocycles. The monoisotopic (exact) mass is 392 g/mol. The fourth-order valence-corrected chi connectivity index (χ4v) is 4.11. The van der Waals surface area contributed by atoms with Crippen molar-refractivity contribution < 1.29 is 4.79 Å². The quantitative estimate of drug-likeness (QED) is 0.546. The first-order valence-corrected chi connectivity index (χ1v) is 10.0. The number of hydrogen-bond donors (Lipinski definition) is 1. The molecule has 4 rings (SSSR count). The predicted molar refractivity (Wildman–Crippen MR) is 112 cm³/mol. The fourth-order valence-electron chi connectivity index (χ4n) is 3.09. The Labute approximate surface area is 165 Å². The molecule has 0 bridgehead atoms. The van der Waals surface area contributed by atoms with E-state index in [9.17, 15) is 9.59 Å². The van der Waals surface area contributed by atoms with E-state index in [2.05, 4.69) is 28.4 Å². The molecule has 1 amide bonds. The Morgan fingerprint density at radius 3 is 2.82 bits per heavy atom. The molecular formula is C21H20N4O2S. The highest BCUT2D eigenvalue weighted by Gasteiger charge is 2.13. The Hall–Kier alpha value is -3.06. The normalized spacial score (nSPS) is 12.3. The van der Waals surface area contributed by atoms with Crippen LogP contribution in [0.3, 0.4) is 0 Å². The van der Waals surface area contributed by atoms with E-state index in [0.29, 0.717) is 24.9 Å². The second-order valence-corrected chi connectivity index (χ2v) is 7.79. The standard InChI is InChI=1S/C21H20N4O2S/c1-14(21-24-16-7-3-5-9-19(16)28-21)12-22-20(27)10-11-25-17-8-4-2-6-15(17)18(26)13-23-25/h2-9,13-14H,10-12H2,1H3,(H,22,27). The number of fused-ring (bicyclic) bond motifs is 2. The molecule has 0 aliphatic carbocycles. The van der Waals surface area contributed by atoms with Crippen LogP contribution in [-0.2, 0) is 11.3 Å². The van der Waals surface area contributed by atoms with Gasteiger partial charge in [0.05, 0.1) is 33.5 Å². The summed E-state index contributed by atoms with van der Waals surface area (Å²) in [5.41, 5.74) is 1.63. The summed E-state index contributed by atoms with van der Waals surface area (Å²) in [5.74, 6) is 0.102. The Balaban J connectivity index is 1.36. The van der Waals surface area contributed by atoms with Gasteiger partial charge in [-0.15, -0.1) is 11.3 Å². The molecule has 2 aromatic heterocycles. The smallest absolute Gasteiger partial charge is 0.221 e. The number of thiazole rings is 1. The Bertz CT molecular complexity index is 1160. The molecule has 0 aliphatic rings. The van der Waals surface area contributed by atoms with E-state index in [1.807, 2.05) is 36.4 Å². The van der Waals surface area contributed by atoms with Gasteiger partial charge in [0.2, 0.25) is 11.3 Å². The van der Waals surface area contributed by atoms with Gasteiger partial charge in [-0.1, -0.05) is 31.2 Å². The molecule has 2 heterocycles. The number of aromatic nitrogens is 3. The van der Waals surface area contributed by atoms with Crippen molar-refractivity contribution in [1.29, 1.82) is 0 Å². The minimum Gasteiger partial charge on any atom is -0.355 e. The Morgan fingerprint density at radius 2 is 1.96 bits per heavy atom. The van der Waals surface area contributed by atoms with E-state index in [-0.39, 0.29) is 17.3 Å². The average molecular weight is 392 g/mol. The topological polar surface area (TPSA) is 76.9 Å². The van der Waals surface area contributed by atoms with E-state index in [1.165, 1.54) is 6.20 Å². The third-order valence-electron chi connectivity index (χ3n) is 4.65. The van der Waals surface area contributed by atoms with Crippen LogP contribution in [0.15, 0.2) is 59.5 Å². The Morgan fingerprint density at radius 1 is 1.18 bits per heavy atom. The van der Waals surface area contributed by atoms with Crippen LogP contribution in [0, 0.1) is 0 Å². The maximum atomic E-state index is 12.3. The molecule has 0 aliphatic heterocycles. The molecule has 6 nitrogen and oxygen atoms in total. The Kier molecular flexibility index (Phi) is 5.16. The van der Waals surface area contributed by atoms with Crippen LogP contribution in [0.25, 0.3) is 21.1 Å². The summed E-state index contributed by atoms with van der Waals surface area (Å²) in [6, 6.07) is 15.3. The zero-order valence-corrected chi connectivity index (χ0v) is 16.3. The van der Waals surface area contributed by atoms with Gasteiger partial charge >= 0.3 is 0 Å². The molecule has 0 spiro atoms. The molecule has 0 radical (unpaired) electrons. The number of carbonyl (C=O) groups excluding carboxylic acids is 1. The highest BCUT2D eigenvalue weighted by molar-refractivity contribution is 7.18. The number of rotatable bonds is 6. The van der Waals surface area contributed by atoms with Crippen molar-refractivity contribution in [3.63, 3.8) is 0 Å². The summed E-state index contributed by atoms with van der Waals surface area (Å²) < 4.78 is 2.86. The first kappa shape index (κ1) is 18.3. The number of aryl methyl sites for hydroxylation is 1. The van der Waals surface area contributed by atoms with Gasteiger partial charge in [-0.3, -0.25) is 14.3 Å². The van der Waals surface area contributed by atoms with Gasteiger partial charge in [-0.25, -0.2) is 4.98 Å². The van der Waals surface area contributed by atoms with Crippen LogP contribution in [0.4, 0.5) is 0 Å². The SMILES string of the molecule is CC(CNC(=O)CCn1ncc(=O)c2ccccc21)c1nc2ccccc2s1. The number of hydrogen-bond acceptors (Lipinski definition) is 5. The van der Waals surface area contributed by atoms with Gasteiger partial charge in [0, 0.05) is 24.3 Å². The van der Waals surface area contributed by atoms with Crippen molar-refractivity contribution in [2.75, 3.05) is 6.54 Å². The molecule has 1 atom stereocenters. The largest absolute Gasteiger partial charge is 0.355 e. The minimum atomic E-state index is -0.110. The first-order valence-electron chi connectivity index (χ1n) is 9.19. The number of nitrogens with one attached hydrogen (secondary N) is 1. The maximum absolute atomic E-state index is 12.3. The van der Waals surface area contributed by atoms with Crippen molar-refractivity contribution in [2.45, 2.75) is 25.8 Å². The molecule has 142 valence electrons. The lowest BCUT2D eigenvalue weighted by atomic mass is 10.2. The molecule has 7 heteroatoms. The maximum Gasteiger partial charge on any atom is 0.221 e. The second-order valence-electron chi connectivity index (χ2n) is 6.72. The summed E-state index contributed by atoms with van der Waals surface area (Å²) in [6.45, 7) is 3.02. The molecule has 4 aromatic rings. The number of nitrogens with zero attached hydrogens (tertiary/aromatic N) is 3. The molecular weight excluding hydrogens is 372 g/mol. The van der Waals surface area contributed by atoms with E-state index in [1.54, 1.807) is 22.1 Å². The summed E-state index contributed by atoms with van der Waals surface area (Å²) >= 11 is 1.66. The van der Waals surface area contributed by atoms with Crippen molar-refractivity contribution in [3.8, 4) is 0 Å². The van der Waals surface area contributed by atoms with E-state index in [4.69, 9.17) is 0 Å². The van der Waals surface area contributed by atoms with Crippen molar-refractivity contribution in [2.24, 2.45) is 0 Å². The van der Waals surface area contributed by atoms with Crippen molar-refractivity contribution in [1.82, 2.24) is 20.1 Å². The summed E-state index contributed by atoms with van der Waals surface area (Å²) in [5, 5.41) is 8.78. The zero-order valence-electron chi connectivity index (χ0n) is 15.5. The molecule has 1 N–H and O–H groups in total. The number of benzene rings is 2. The number of para-hydroxylation sites is 2. The lowest BCUT2D eigenvalue weighted by Gasteiger charge is -2.11. The highest BCUT2D eigenvalue weighted by Crippen LogP contribution is 2.26. The van der Waals surface area contributed by atoms with E-state index in [0.717, 1.165) is 20.7 Å². The highest BCUT2D eigenvalue weighted by atomic mass is 32.1. The van der Waals surface area contributed by atoms with Crippen LogP contribution >= 0.6 is 11.3 Å². The predicted octanol–water partition coefficient (Wildman–Crippen LogP) is 3.32. The number of carbonyl (C=O) groups is 1. The summed E-state index contributed by atoms with van der Waals surface area (Å²) in [4.78, 5) is 28.8. The van der Waals surface area contributed by atoms with Gasteiger partial charge in [0.1, 0.15) is 0 Å². The van der Waals surface area contributed by atoms with Gasteiger partial charge in [-0.05, 0) is 24.3 Å². The van der Waals surface area contributed by atoms with E-state index >= 15 is 0 Å². The van der Waals surface area contributed by atoms with Gasteiger partial charge in [0.15, 0.2) is 0 Å². The van der Waals surface area contributed by atoms with E-state index < -0.39 is 0 Å². The van der Waals surface area contributed by atoms with Crippen LogP contribution < -0.4 is 10.7 Å². The third kappa shape index (κ3) is 3.80. The van der Waals surface area contributed by atoms with Crippen LogP contribution in [-0.4, -0.2) is 27.2 Å². The summed E-state index contributed by atoms with van der Waals surface area (Å²) in [6.07, 6.45) is 1.60. The van der Waals surface area contributed by atoms with Crippen LogP contribution in [0.5, 0.6) is 0 Å². The average Bonchev–Trinajstić information content (AvgIpc) is 3.16. The zero-order chi connectivity index (χ0) is 19.5. The fraction of sp³-hybridized carbons (Fsp3) is 0.238. The molecule has 28 heavy (non-hydrogen) atoms. The molecule has 2 aromatic carbocycles. The second kappa shape index (κ2) is 7.90. The van der Waals surface area contributed by atoms with Crippen molar-refractivity contribution in [3.05, 3.63) is 70.0 Å². The lowest BCUT2D eigenvalue weighted by Crippen LogP contribution is -2.28.